The summed E-state index contributed by atoms with van der Waals surface area (Å²) in [5.74, 6) is -0.0356. The van der Waals surface area contributed by atoms with E-state index in [1.807, 2.05) is 17.0 Å². The van der Waals surface area contributed by atoms with Crippen LogP contribution in [0.2, 0.25) is 0 Å². The quantitative estimate of drug-likeness (QED) is 0.449. The number of benzene rings is 1. The van der Waals surface area contributed by atoms with Gasteiger partial charge < -0.3 is 14.6 Å². The number of aromatic nitrogens is 4. The molecular formula is C23H20FN7O3S. The Morgan fingerprint density at radius 2 is 1.91 bits per heavy atom. The second kappa shape index (κ2) is 8.94. The average Bonchev–Trinajstić information content (AvgIpc) is 3.32. The van der Waals surface area contributed by atoms with Crippen LogP contribution in [-0.2, 0) is 10.0 Å². The first-order valence-electron chi connectivity index (χ1n) is 10.7. The van der Waals surface area contributed by atoms with Gasteiger partial charge in [0.2, 0.25) is 10.0 Å². The molecule has 35 heavy (non-hydrogen) atoms. The molecule has 10 nitrogen and oxygen atoms in total. The number of piperazine rings is 1. The van der Waals surface area contributed by atoms with Crippen molar-refractivity contribution in [2.45, 2.75) is 4.90 Å². The van der Waals surface area contributed by atoms with Crippen LogP contribution in [0, 0.1) is 17.1 Å². The molecule has 4 aromatic rings. The van der Waals surface area contributed by atoms with Gasteiger partial charge in [-0.1, -0.05) is 0 Å². The number of pyridine rings is 1. The SMILES string of the molecule is COc1ccc(S(=O)(=O)N2CCN(c3ccc(-c4ncnc5[nH]cc(C#N)c45)cn3)CC2)cc1F. The highest BCUT2D eigenvalue weighted by Gasteiger charge is 2.29. The normalized spacial score (nSPS) is 14.7. The van der Waals surface area contributed by atoms with Crippen LogP contribution >= 0.6 is 0 Å². The predicted octanol–water partition coefficient (Wildman–Crippen LogP) is 2.55. The summed E-state index contributed by atoms with van der Waals surface area (Å²) in [6.07, 6.45) is 4.70. The third-order valence-electron chi connectivity index (χ3n) is 5.94. The Hall–Kier alpha value is -4.08. The van der Waals surface area contributed by atoms with E-state index in [9.17, 15) is 18.1 Å². The molecule has 1 aliphatic rings. The highest BCUT2D eigenvalue weighted by Crippen LogP contribution is 2.29. The Balaban J connectivity index is 1.31. The molecule has 0 unspecified atom stereocenters. The average molecular weight is 494 g/mol. The third-order valence-corrected chi connectivity index (χ3v) is 7.83. The molecule has 12 heteroatoms. The molecule has 1 aromatic carbocycles. The van der Waals surface area contributed by atoms with Crippen molar-refractivity contribution in [1.82, 2.24) is 24.2 Å². The second-order valence-electron chi connectivity index (χ2n) is 7.85. The maximum Gasteiger partial charge on any atom is 0.243 e. The minimum Gasteiger partial charge on any atom is -0.494 e. The Morgan fingerprint density at radius 1 is 1.11 bits per heavy atom. The van der Waals surface area contributed by atoms with Crippen LogP contribution in [0.25, 0.3) is 22.3 Å². The number of halogens is 1. The Morgan fingerprint density at radius 3 is 2.57 bits per heavy atom. The third kappa shape index (κ3) is 4.05. The lowest BCUT2D eigenvalue weighted by molar-refractivity contribution is 0.379. The molecule has 5 rings (SSSR count). The van der Waals surface area contributed by atoms with E-state index < -0.39 is 15.8 Å². The zero-order chi connectivity index (χ0) is 24.6. The van der Waals surface area contributed by atoms with Crippen LogP contribution in [0.5, 0.6) is 5.75 Å². The van der Waals surface area contributed by atoms with E-state index in [1.165, 1.54) is 29.9 Å². The molecule has 1 aliphatic heterocycles. The lowest BCUT2D eigenvalue weighted by atomic mass is 10.1. The van der Waals surface area contributed by atoms with Crippen molar-refractivity contribution < 1.29 is 17.5 Å². The van der Waals surface area contributed by atoms with Gasteiger partial charge in [-0.15, -0.1) is 0 Å². The number of rotatable bonds is 5. The number of anilines is 1. The fourth-order valence-electron chi connectivity index (χ4n) is 4.10. The number of fused-ring (bicyclic) bond motifs is 1. The summed E-state index contributed by atoms with van der Waals surface area (Å²) in [4.78, 5) is 17.9. The monoisotopic (exact) mass is 493 g/mol. The lowest BCUT2D eigenvalue weighted by Crippen LogP contribution is -2.48. The maximum absolute atomic E-state index is 14.0. The summed E-state index contributed by atoms with van der Waals surface area (Å²) in [6.45, 7) is 1.33. The van der Waals surface area contributed by atoms with Crippen molar-refractivity contribution in [2.75, 3.05) is 38.2 Å². The molecule has 0 atom stereocenters. The number of H-pyrrole nitrogens is 1. The molecule has 1 saturated heterocycles. The summed E-state index contributed by atoms with van der Waals surface area (Å²) >= 11 is 0. The van der Waals surface area contributed by atoms with Crippen LogP contribution in [0.1, 0.15) is 5.56 Å². The van der Waals surface area contributed by atoms with Gasteiger partial charge in [0.05, 0.1) is 28.6 Å². The van der Waals surface area contributed by atoms with Gasteiger partial charge in [0, 0.05) is 44.1 Å². The highest BCUT2D eigenvalue weighted by molar-refractivity contribution is 7.89. The molecule has 3 aromatic heterocycles. The van der Waals surface area contributed by atoms with E-state index in [2.05, 4.69) is 26.0 Å². The minimum atomic E-state index is -3.83. The van der Waals surface area contributed by atoms with E-state index in [-0.39, 0.29) is 23.7 Å². The number of nitriles is 1. The molecule has 0 amide bonds. The van der Waals surface area contributed by atoms with Crippen LogP contribution in [0.3, 0.4) is 0 Å². The van der Waals surface area contributed by atoms with E-state index in [4.69, 9.17) is 4.74 Å². The fourth-order valence-corrected chi connectivity index (χ4v) is 5.53. The van der Waals surface area contributed by atoms with Crippen molar-refractivity contribution in [3.63, 3.8) is 0 Å². The predicted molar refractivity (Wildman–Crippen MR) is 126 cm³/mol. The van der Waals surface area contributed by atoms with E-state index >= 15 is 0 Å². The molecule has 0 spiro atoms. The van der Waals surface area contributed by atoms with Crippen LogP contribution in [0.15, 0.2) is 53.9 Å². The van der Waals surface area contributed by atoms with Gasteiger partial charge in [0.1, 0.15) is 23.9 Å². The lowest BCUT2D eigenvalue weighted by Gasteiger charge is -2.34. The highest BCUT2D eigenvalue weighted by atomic mass is 32.2. The number of nitrogens with zero attached hydrogens (tertiary/aromatic N) is 6. The van der Waals surface area contributed by atoms with Crippen LogP contribution in [0.4, 0.5) is 10.2 Å². The maximum atomic E-state index is 14.0. The zero-order valence-electron chi connectivity index (χ0n) is 18.6. The molecule has 178 valence electrons. The smallest absolute Gasteiger partial charge is 0.243 e. The topological polar surface area (TPSA) is 128 Å². The summed E-state index contributed by atoms with van der Waals surface area (Å²) in [5, 5.41) is 10.0. The van der Waals surface area contributed by atoms with E-state index in [0.29, 0.717) is 41.2 Å². The minimum absolute atomic E-state index is 0.00801. The molecule has 4 heterocycles. The number of sulfonamides is 1. The Bertz CT molecular complexity index is 1540. The van der Waals surface area contributed by atoms with Gasteiger partial charge in [-0.2, -0.15) is 9.57 Å². The van der Waals surface area contributed by atoms with Gasteiger partial charge in [0.15, 0.2) is 11.6 Å². The largest absolute Gasteiger partial charge is 0.494 e. The number of ether oxygens (including phenoxy) is 1. The number of aromatic amines is 1. The second-order valence-corrected chi connectivity index (χ2v) is 9.79. The van der Waals surface area contributed by atoms with Crippen molar-refractivity contribution in [2.24, 2.45) is 0 Å². The van der Waals surface area contributed by atoms with Gasteiger partial charge in [-0.3, -0.25) is 0 Å². The number of hydrogen-bond donors (Lipinski definition) is 1. The summed E-state index contributed by atoms with van der Waals surface area (Å²) in [6, 6.07) is 9.47. The van der Waals surface area contributed by atoms with Gasteiger partial charge >= 0.3 is 0 Å². The van der Waals surface area contributed by atoms with Crippen LogP contribution in [-0.4, -0.2) is 65.9 Å². The van der Waals surface area contributed by atoms with Crippen molar-refractivity contribution in [1.29, 1.82) is 5.26 Å². The molecule has 1 N–H and O–H groups in total. The first kappa shape index (κ1) is 22.7. The first-order chi connectivity index (χ1) is 16.9. The molecule has 1 fully saturated rings. The Labute approximate surface area is 200 Å². The Kier molecular flexibility index (Phi) is 5.80. The molecular weight excluding hydrogens is 473 g/mol. The van der Waals surface area contributed by atoms with E-state index in [1.54, 1.807) is 12.4 Å². The molecule has 0 aliphatic carbocycles. The van der Waals surface area contributed by atoms with E-state index in [0.717, 1.165) is 11.6 Å². The standard InChI is InChI=1S/C23H20FN7O3S/c1-34-19-4-3-17(10-18(19)24)35(32,33)31-8-6-30(7-9-31)20-5-2-15(12-26-20)22-21-16(11-25)13-27-23(21)29-14-28-22/h2-5,10,12-14H,6-9H2,1H3,(H,27,28,29). The molecule has 0 radical (unpaired) electrons. The van der Waals surface area contributed by atoms with Crippen LogP contribution < -0.4 is 9.64 Å². The van der Waals surface area contributed by atoms with Gasteiger partial charge in [0.25, 0.3) is 0 Å². The number of nitrogens with one attached hydrogen (secondary N) is 1. The zero-order valence-corrected chi connectivity index (χ0v) is 19.5. The van der Waals surface area contributed by atoms with Crippen molar-refractivity contribution in [3.8, 4) is 23.1 Å². The first-order valence-corrected chi connectivity index (χ1v) is 12.1. The van der Waals surface area contributed by atoms with Gasteiger partial charge in [-0.25, -0.2) is 27.8 Å². The van der Waals surface area contributed by atoms with Gasteiger partial charge in [-0.05, 0) is 30.3 Å². The van der Waals surface area contributed by atoms with Crippen molar-refractivity contribution in [3.05, 3.63) is 60.4 Å². The number of methoxy groups -OCH3 is 1. The summed E-state index contributed by atoms with van der Waals surface area (Å²) in [7, 11) is -2.51. The number of hydrogen-bond acceptors (Lipinski definition) is 8. The fraction of sp³-hybridized carbons (Fsp3) is 0.217. The summed E-state index contributed by atoms with van der Waals surface area (Å²) < 4.78 is 46.2. The molecule has 0 bridgehead atoms. The molecule has 0 saturated carbocycles. The van der Waals surface area contributed by atoms with Crippen molar-refractivity contribution >= 4 is 26.9 Å². The summed E-state index contributed by atoms with van der Waals surface area (Å²) in [5.41, 5.74) is 2.37.